The van der Waals surface area contributed by atoms with Gasteiger partial charge in [0.2, 0.25) is 16.6 Å². The highest BCUT2D eigenvalue weighted by atomic mass is 28.4. The lowest BCUT2D eigenvalue weighted by Gasteiger charge is -2.46. The van der Waals surface area contributed by atoms with Gasteiger partial charge in [0, 0.05) is 11.8 Å². The van der Waals surface area contributed by atoms with E-state index in [2.05, 4.69) is 58.4 Å². The predicted molar refractivity (Wildman–Crippen MR) is 95.1 cm³/mol. The Labute approximate surface area is 132 Å². The molecule has 2 atom stereocenters. The van der Waals surface area contributed by atoms with Crippen molar-refractivity contribution in [1.82, 2.24) is 0 Å². The molecule has 0 aromatic heterocycles. The van der Waals surface area contributed by atoms with Gasteiger partial charge in [-0.15, -0.1) is 0 Å². The summed E-state index contributed by atoms with van der Waals surface area (Å²) in [7, 11) is -3.02. The van der Waals surface area contributed by atoms with Crippen molar-refractivity contribution in [1.29, 1.82) is 0 Å². The zero-order valence-electron chi connectivity index (χ0n) is 14.9. The third kappa shape index (κ3) is 4.25. The van der Waals surface area contributed by atoms with Crippen LogP contribution >= 0.6 is 0 Å². The standard InChI is InChI=1S/C17H32O2Si2/c1-17-12-11-15(18-20(2,3)4)13-14(17)9-8-10-16(17)19-21(5,6)7/h10-11,14H,8-9,12-13H2,1-7H3/t14-,17+/m0/s1. The summed E-state index contributed by atoms with van der Waals surface area (Å²) in [5.41, 5.74) is 0.185. The lowest BCUT2D eigenvalue weighted by molar-refractivity contribution is 0.115. The third-order valence-electron chi connectivity index (χ3n) is 4.36. The van der Waals surface area contributed by atoms with Crippen LogP contribution in [0.1, 0.15) is 32.6 Å². The summed E-state index contributed by atoms with van der Waals surface area (Å²) in [6, 6.07) is 0. The van der Waals surface area contributed by atoms with E-state index in [4.69, 9.17) is 8.85 Å². The second-order valence-electron chi connectivity index (χ2n) is 8.77. The van der Waals surface area contributed by atoms with Gasteiger partial charge in [0.05, 0.1) is 11.5 Å². The quantitative estimate of drug-likeness (QED) is 0.620. The van der Waals surface area contributed by atoms with Gasteiger partial charge in [-0.25, -0.2) is 0 Å². The molecule has 2 aliphatic rings. The first-order chi connectivity index (χ1) is 9.50. The van der Waals surface area contributed by atoms with Crippen molar-refractivity contribution in [2.75, 3.05) is 0 Å². The fourth-order valence-electron chi connectivity index (χ4n) is 3.38. The van der Waals surface area contributed by atoms with E-state index in [-0.39, 0.29) is 5.41 Å². The highest BCUT2D eigenvalue weighted by Gasteiger charge is 2.44. The fraction of sp³-hybridized carbons (Fsp3) is 0.765. The molecule has 0 radical (unpaired) electrons. The van der Waals surface area contributed by atoms with E-state index in [1.807, 2.05) is 0 Å². The van der Waals surface area contributed by atoms with Crippen molar-refractivity contribution in [3.63, 3.8) is 0 Å². The van der Waals surface area contributed by atoms with E-state index >= 15 is 0 Å². The first-order valence-corrected chi connectivity index (χ1v) is 15.1. The highest BCUT2D eigenvalue weighted by Crippen LogP contribution is 2.51. The molecule has 2 nitrogen and oxygen atoms in total. The Bertz CT molecular complexity index is 454. The molecule has 0 bridgehead atoms. The van der Waals surface area contributed by atoms with Crippen LogP contribution in [0.25, 0.3) is 0 Å². The minimum Gasteiger partial charge on any atom is -0.548 e. The normalized spacial score (nSPS) is 30.1. The van der Waals surface area contributed by atoms with Gasteiger partial charge in [-0.3, -0.25) is 0 Å². The van der Waals surface area contributed by atoms with Crippen molar-refractivity contribution >= 4 is 16.6 Å². The molecular weight excluding hydrogens is 292 g/mol. The number of hydrogen-bond donors (Lipinski definition) is 0. The molecule has 2 rings (SSSR count). The summed E-state index contributed by atoms with van der Waals surface area (Å²) in [6.45, 7) is 16.0. The summed E-state index contributed by atoms with van der Waals surface area (Å²) in [4.78, 5) is 0. The van der Waals surface area contributed by atoms with E-state index in [1.165, 1.54) is 17.9 Å². The minimum absolute atomic E-state index is 0.185. The molecule has 21 heavy (non-hydrogen) atoms. The third-order valence-corrected chi connectivity index (χ3v) is 6.07. The predicted octanol–water partition coefficient (Wildman–Crippen LogP) is 5.67. The highest BCUT2D eigenvalue weighted by molar-refractivity contribution is 6.70. The van der Waals surface area contributed by atoms with E-state index in [0.29, 0.717) is 5.92 Å². The van der Waals surface area contributed by atoms with Crippen LogP contribution in [0, 0.1) is 11.3 Å². The Balaban J connectivity index is 2.18. The number of fused-ring (bicyclic) bond motifs is 1. The summed E-state index contributed by atoms with van der Waals surface area (Å²) < 4.78 is 12.7. The summed E-state index contributed by atoms with van der Waals surface area (Å²) in [5.74, 6) is 3.18. The molecule has 0 fully saturated rings. The zero-order valence-corrected chi connectivity index (χ0v) is 16.9. The largest absolute Gasteiger partial charge is 0.548 e. The molecule has 4 heteroatoms. The van der Waals surface area contributed by atoms with Gasteiger partial charge in [0.25, 0.3) is 0 Å². The van der Waals surface area contributed by atoms with Crippen LogP contribution < -0.4 is 0 Å². The average Bonchev–Trinajstić information content (AvgIpc) is 2.27. The van der Waals surface area contributed by atoms with Gasteiger partial charge >= 0.3 is 0 Å². The first-order valence-electron chi connectivity index (χ1n) is 8.27. The minimum atomic E-state index is -1.54. The maximum Gasteiger partial charge on any atom is 0.241 e. The van der Waals surface area contributed by atoms with Crippen LogP contribution in [0.4, 0.5) is 0 Å². The van der Waals surface area contributed by atoms with Crippen molar-refractivity contribution in [2.45, 2.75) is 71.9 Å². The first kappa shape index (κ1) is 16.9. The van der Waals surface area contributed by atoms with Crippen LogP contribution in [0.15, 0.2) is 23.7 Å². The maximum absolute atomic E-state index is 6.43. The van der Waals surface area contributed by atoms with Gasteiger partial charge < -0.3 is 8.85 Å². The van der Waals surface area contributed by atoms with Crippen LogP contribution in [-0.2, 0) is 8.85 Å². The molecule has 0 amide bonds. The Morgan fingerprint density at radius 2 is 1.62 bits per heavy atom. The zero-order chi connectivity index (χ0) is 15.9. The SMILES string of the molecule is C[C@@]12CC=C(O[Si](C)(C)C)C[C@@H]1CCC=C2O[Si](C)(C)C. The second kappa shape index (κ2) is 5.61. The molecular formula is C17H32O2Si2. The maximum atomic E-state index is 6.43. The number of allylic oxidation sites excluding steroid dienone is 4. The Morgan fingerprint density at radius 1 is 1.00 bits per heavy atom. The molecule has 0 heterocycles. The van der Waals surface area contributed by atoms with Crippen LogP contribution in [0.2, 0.25) is 39.3 Å². The van der Waals surface area contributed by atoms with Crippen molar-refractivity contribution < 1.29 is 8.85 Å². The summed E-state index contributed by atoms with van der Waals surface area (Å²) in [6.07, 6.45) is 9.26. The second-order valence-corrected chi connectivity index (χ2v) is 17.6. The van der Waals surface area contributed by atoms with Crippen LogP contribution in [-0.4, -0.2) is 16.6 Å². The topological polar surface area (TPSA) is 18.5 Å². The van der Waals surface area contributed by atoms with Crippen molar-refractivity contribution in [2.24, 2.45) is 11.3 Å². The fourth-order valence-corrected chi connectivity index (χ4v) is 5.31. The Hall–Kier alpha value is -0.486. The number of rotatable bonds is 4. The molecule has 0 N–H and O–H groups in total. The monoisotopic (exact) mass is 324 g/mol. The van der Waals surface area contributed by atoms with Crippen LogP contribution in [0.5, 0.6) is 0 Å². The molecule has 0 aliphatic heterocycles. The van der Waals surface area contributed by atoms with Crippen molar-refractivity contribution in [3.8, 4) is 0 Å². The van der Waals surface area contributed by atoms with E-state index in [1.54, 1.807) is 0 Å². The molecule has 0 saturated carbocycles. The summed E-state index contributed by atoms with van der Waals surface area (Å²) >= 11 is 0. The Kier molecular flexibility index (Phi) is 4.51. The van der Waals surface area contributed by atoms with Gasteiger partial charge in [0.1, 0.15) is 0 Å². The Morgan fingerprint density at radius 3 is 2.19 bits per heavy atom. The van der Waals surface area contributed by atoms with E-state index in [0.717, 1.165) is 19.3 Å². The van der Waals surface area contributed by atoms with Crippen LogP contribution in [0.3, 0.4) is 0 Å². The molecule has 120 valence electrons. The van der Waals surface area contributed by atoms with E-state index < -0.39 is 16.6 Å². The van der Waals surface area contributed by atoms with E-state index in [9.17, 15) is 0 Å². The smallest absolute Gasteiger partial charge is 0.241 e. The van der Waals surface area contributed by atoms with Gasteiger partial charge in [-0.05, 0) is 76.6 Å². The molecule has 0 aromatic carbocycles. The molecule has 0 spiro atoms. The molecule has 2 aliphatic carbocycles. The molecule has 0 unspecified atom stereocenters. The van der Waals surface area contributed by atoms with Gasteiger partial charge in [-0.1, -0.05) is 6.92 Å². The van der Waals surface area contributed by atoms with Gasteiger partial charge in [-0.2, -0.15) is 0 Å². The van der Waals surface area contributed by atoms with Gasteiger partial charge in [0.15, 0.2) is 0 Å². The molecule has 0 aromatic rings. The lowest BCUT2D eigenvalue weighted by atomic mass is 9.64. The van der Waals surface area contributed by atoms with Crippen molar-refractivity contribution in [3.05, 3.63) is 23.7 Å². The number of hydrogen-bond acceptors (Lipinski definition) is 2. The average molecular weight is 325 g/mol. The summed E-state index contributed by atoms with van der Waals surface area (Å²) in [5, 5.41) is 0. The lowest BCUT2D eigenvalue weighted by Crippen LogP contribution is -2.40. The molecule has 0 saturated heterocycles.